The van der Waals surface area contributed by atoms with Gasteiger partial charge in [-0.1, -0.05) is 0 Å². The Bertz CT molecular complexity index is 288. The van der Waals surface area contributed by atoms with Gasteiger partial charge in [-0.3, -0.25) is 4.90 Å². The minimum Gasteiger partial charge on any atom is -0.296 e. The summed E-state index contributed by atoms with van der Waals surface area (Å²) in [5.41, 5.74) is 0. The summed E-state index contributed by atoms with van der Waals surface area (Å²) in [4.78, 5) is 5.43. The van der Waals surface area contributed by atoms with Gasteiger partial charge in [0.05, 0.1) is 0 Å². The van der Waals surface area contributed by atoms with Gasteiger partial charge in [-0.25, -0.2) is 0 Å². The van der Waals surface area contributed by atoms with Crippen molar-refractivity contribution < 1.29 is 0 Å². The predicted molar refractivity (Wildman–Crippen MR) is 58.3 cm³/mol. The Hall–Kier alpha value is -0.340. The molecule has 2 heteroatoms. The summed E-state index contributed by atoms with van der Waals surface area (Å²) >= 11 is 1.93. The Morgan fingerprint density at radius 3 is 2.62 bits per heavy atom. The Labute approximate surface area is 84.4 Å². The second kappa shape index (κ2) is 3.43. The van der Waals surface area contributed by atoms with Crippen molar-refractivity contribution in [2.24, 2.45) is 0 Å². The van der Waals surface area contributed by atoms with Crippen molar-refractivity contribution in [3.63, 3.8) is 0 Å². The number of nitrogens with zero attached hydrogens (tertiary/aromatic N) is 1. The first-order chi connectivity index (χ1) is 6.18. The molecule has 0 bridgehead atoms. The molecule has 0 aromatic carbocycles. The lowest BCUT2D eigenvalue weighted by Crippen LogP contribution is -2.23. The van der Waals surface area contributed by atoms with Crippen LogP contribution in [0, 0.1) is 6.92 Å². The molecular formula is C11H17NS. The van der Waals surface area contributed by atoms with E-state index < -0.39 is 0 Å². The van der Waals surface area contributed by atoms with Crippen LogP contribution in [0.2, 0.25) is 0 Å². The van der Waals surface area contributed by atoms with Crippen molar-refractivity contribution in [3.8, 4) is 0 Å². The van der Waals surface area contributed by atoms with Gasteiger partial charge in [0.25, 0.3) is 0 Å². The van der Waals surface area contributed by atoms with Gasteiger partial charge in [0.1, 0.15) is 0 Å². The number of hydrogen-bond donors (Lipinski definition) is 0. The normalized spacial score (nSPS) is 19.4. The fourth-order valence-electron chi connectivity index (χ4n) is 1.68. The zero-order valence-electron chi connectivity index (χ0n) is 8.58. The molecule has 0 amide bonds. The smallest absolute Gasteiger partial charge is 0.0413 e. The molecule has 72 valence electrons. The van der Waals surface area contributed by atoms with E-state index in [0.29, 0.717) is 6.04 Å². The summed E-state index contributed by atoms with van der Waals surface area (Å²) in [6.45, 7) is 4.49. The van der Waals surface area contributed by atoms with Gasteiger partial charge in [-0.2, -0.15) is 0 Å². The SMILES string of the molecule is Cc1ccc(C(C)N(C)C2CC2)s1. The maximum atomic E-state index is 2.51. The number of rotatable bonds is 3. The molecule has 13 heavy (non-hydrogen) atoms. The lowest BCUT2D eigenvalue weighted by molar-refractivity contribution is 0.254. The van der Waals surface area contributed by atoms with E-state index >= 15 is 0 Å². The van der Waals surface area contributed by atoms with Crippen molar-refractivity contribution in [2.75, 3.05) is 7.05 Å². The van der Waals surface area contributed by atoms with Crippen molar-refractivity contribution in [3.05, 3.63) is 21.9 Å². The zero-order valence-corrected chi connectivity index (χ0v) is 9.40. The molecule has 1 fully saturated rings. The maximum absolute atomic E-state index is 2.51. The molecule has 1 unspecified atom stereocenters. The second-order valence-corrected chi connectivity index (χ2v) is 5.34. The molecule has 1 aliphatic carbocycles. The highest BCUT2D eigenvalue weighted by molar-refractivity contribution is 7.12. The molecule has 0 saturated heterocycles. The summed E-state index contributed by atoms with van der Waals surface area (Å²) in [6.07, 6.45) is 2.79. The van der Waals surface area contributed by atoms with Gasteiger partial charge in [0.15, 0.2) is 0 Å². The van der Waals surface area contributed by atoms with E-state index in [1.807, 2.05) is 11.3 Å². The van der Waals surface area contributed by atoms with Crippen LogP contribution in [0.4, 0.5) is 0 Å². The molecule has 1 saturated carbocycles. The Kier molecular flexibility index (Phi) is 2.43. The minimum absolute atomic E-state index is 0.603. The number of aryl methyl sites for hydroxylation is 1. The average molecular weight is 195 g/mol. The Balaban J connectivity index is 2.06. The third-order valence-electron chi connectivity index (χ3n) is 2.91. The first-order valence-electron chi connectivity index (χ1n) is 4.97. The quantitative estimate of drug-likeness (QED) is 0.716. The van der Waals surface area contributed by atoms with Crippen LogP contribution < -0.4 is 0 Å². The number of thiophene rings is 1. The van der Waals surface area contributed by atoms with E-state index in [1.54, 1.807) is 0 Å². The molecule has 2 rings (SSSR count). The van der Waals surface area contributed by atoms with Gasteiger partial charge in [-0.15, -0.1) is 11.3 Å². The standard InChI is InChI=1S/C11H17NS/c1-8-4-7-11(13-8)9(2)12(3)10-5-6-10/h4,7,9-10H,5-6H2,1-3H3. The van der Waals surface area contributed by atoms with Crippen molar-refractivity contribution >= 4 is 11.3 Å². The maximum Gasteiger partial charge on any atom is 0.0413 e. The molecule has 1 aliphatic rings. The van der Waals surface area contributed by atoms with Crippen LogP contribution in [0.5, 0.6) is 0 Å². The summed E-state index contributed by atoms with van der Waals surface area (Å²) in [6, 6.07) is 5.95. The van der Waals surface area contributed by atoms with E-state index in [1.165, 1.54) is 22.6 Å². The fourth-order valence-corrected chi connectivity index (χ4v) is 2.66. The lowest BCUT2D eigenvalue weighted by atomic mass is 10.2. The van der Waals surface area contributed by atoms with Gasteiger partial charge in [-0.05, 0) is 45.9 Å². The molecule has 1 heterocycles. The third kappa shape index (κ3) is 1.94. The van der Waals surface area contributed by atoms with Crippen molar-refractivity contribution in [1.29, 1.82) is 0 Å². The monoisotopic (exact) mass is 195 g/mol. The average Bonchev–Trinajstić information content (AvgIpc) is 2.87. The predicted octanol–water partition coefficient (Wildman–Crippen LogP) is 3.21. The minimum atomic E-state index is 0.603. The number of hydrogen-bond acceptors (Lipinski definition) is 2. The highest BCUT2D eigenvalue weighted by Gasteiger charge is 2.29. The second-order valence-electron chi connectivity index (χ2n) is 4.02. The highest BCUT2D eigenvalue weighted by Crippen LogP contribution is 2.34. The third-order valence-corrected chi connectivity index (χ3v) is 4.08. The summed E-state index contributed by atoms with van der Waals surface area (Å²) in [5.74, 6) is 0. The van der Waals surface area contributed by atoms with Crippen LogP contribution >= 0.6 is 11.3 Å². The van der Waals surface area contributed by atoms with Crippen LogP contribution in [0.15, 0.2) is 12.1 Å². The molecule has 0 N–H and O–H groups in total. The van der Waals surface area contributed by atoms with Crippen LogP contribution in [-0.2, 0) is 0 Å². The molecule has 0 aliphatic heterocycles. The lowest BCUT2D eigenvalue weighted by Gasteiger charge is -2.23. The first-order valence-corrected chi connectivity index (χ1v) is 5.78. The Morgan fingerprint density at radius 2 is 2.15 bits per heavy atom. The Morgan fingerprint density at radius 1 is 1.46 bits per heavy atom. The molecule has 0 radical (unpaired) electrons. The van der Waals surface area contributed by atoms with Crippen molar-refractivity contribution in [1.82, 2.24) is 4.90 Å². The van der Waals surface area contributed by atoms with E-state index in [0.717, 1.165) is 6.04 Å². The van der Waals surface area contributed by atoms with E-state index in [9.17, 15) is 0 Å². The summed E-state index contributed by atoms with van der Waals surface area (Å²) in [5, 5.41) is 0. The molecule has 1 nitrogen and oxygen atoms in total. The highest BCUT2D eigenvalue weighted by atomic mass is 32.1. The van der Waals surface area contributed by atoms with Crippen LogP contribution in [0.25, 0.3) is 0 Å². The summed E-state index contributed by atoms with van der Waals surface area (Å²) < 4.78 is 0. The largest absolute Gasteiger partial charge is 0.296 e. The van der Waals surface area contributed by atoms with Gasteiger partial charge < -0.3 is 0 Å². The van der Waals surface area contributed by atoms with Crippen LogP contribution in [0.1, 0.15) is 35.6 Å². The van der Waals surface area contributed by atoms with Gasteiger partial charge in [0.2, 0.25) is 0 Å². The van der Waals surface area contributed by atoms with Gasteiger partial charge in [0, 0.05) is 21.8 Å². The molecular weight excluding hydrogens is 178 g/mol. The van der Waals surface area contributed by atoms with E-state index in [-0.39, 0.29) is 0 Å². The van der Waals surface area contributed by atoms with E-state index in [4.69, 9.17) is 0 Å². The van der Waals surface area contributed by atoms with E-state index in [2.05, 4.69) is 37.9 Å². The molecule has 1 atom stereocenters. The topological polar surface area (TPSA) is 3.24 Å². The molecule has 1 aromatic heterocycles. The fraction of sp³-hybridized carbons (Fsp3) is 0.636. The van der Waals surface area contributed by atoms with Crippen molar-refractivity contribution in [2.45, 2.75) is 38.8 Å². The summed E-state index contributed by atoms with van der Waals surface area (Å²) in [7, 11) is 2.25. The van der Waals surface area contributed by atoms with Gasteiger partial charge >= 0.3 is 0 Å². The zero-order chi connectivity index (χ0) is 9.42. The first kappa shape index (κ1) is 9.22. The molecule has 0 spiro atoms. The van der Waals surface area contributed by atoms with Crippen LogP contribution in [-0.4, -0.2) is 18.0 Å². The van der Waals surface area contributed by atoms with Crippen LogP contribution in [0.3, 0.4) is 0 Å². The molecule has 1 aromatic rings.